The Bertz CT molecular complexity index is 886. The number of hydrogen-bond donors (Lipinski definition) is 1. The highest BCUT2D eigenvalue weighted by atomic mass is 16.5. The molecule has 0 spiro atoms. The van der Waals surface area contributed by atoms with Gasteiger partial charge in [0.1, 0.15) is 5.69 Å². The Labute approximate surface area is 162 Å². The van der Waals surface area contributed by atoms with Crippen LogP contribution in [0.4, 0.5) is 0 Å². The summed E-state index contributed by atoms with van der Waals surface area (Å²) in [6.07, 6.45) is 8.28. The summed E-state index contributed by atoms with van der Waals surface area (Å²) in [4.78, 5) is 21.1. The molecule has 4 rings (SSSR count). The zero-order valence-corrected chi connectivity index (χ0v) is 15.6. The Balaban J connectivity index is 1.31. The van der Waals surface area contributed by atoms with Gasteiger partial charge in [-0.2, -0.15) is 4.98 Å². The van der Waals surface area contributed by atoms with Crippen LogP contribution in [0.2, 0.25) is 0 Å². The van der Waals surface area contributed by atoms with Crippen LogP contribution in [0.1, 0.15) is 25.2 Å². The number of pyridine rings is 1. The van der Waals surface area contributed by atoms with Gasteiger partial charge in [0.15, 0.2) is 0 Å². The predicted molar refractivity (Wildman–Crippen MR) is 101 cm³/mol. The minimum atomic E-state index is -0.220. The Morgan fingerprint density at radius 1 is 1.18 bits per heavy atom. The lowest BCUT2D eigenvalue weighted by atomic mass is 9.86. The number of aromatic nitrogens is 4. The van der Waals surface area contributed by atoms with Crippen molar-refractivity contribution in [3.8, 4) is 11.5 Å². The molecule has 8 heteroatoms. The number of carbonyl (C=O) groups is 1. The van der Waals surface area contributed by atoms with Crippen LogP contribution in [0.15, 0.2) is 53.4 Å². The number of hydrogen-bond acceptors (Lipinski definition) is 6. The summed E-state index contributed by atoms with van der Waals surface area (Å²) in [5, 5.41) is 6.92. The first-order valence-corrected chi connectivity index (χ1v) is 9.47. The number of nitrogens with zero attached hydrogens (tertiary/aromatic N) is 4. The van der Waals surface area contributed by atoms with Crippen LogP contribution >= 0.6 is 0 Å². The minimum absolute atomic E-state index is 0.0139. The van der Waals surface area contributed by atoms with Crippen molar-refractivity contribution >= 4 is 5.91 Å². The van der Waals surface area contributed by atoms with E-state index in [1.807, 2.05) is 42.7 Å². The van der Waals surface area contributed by atoms with Gasteiger partial charge < -0.3 is 19.1 Å². The monoisotopic (exact) mass is 381 g/mol. The number of rotatable bonds is 7. The third kappa shape index (κ3) is 4.12. The fourth-order valence-electron chi connectivity index (χ4n) is 3.55. The van der Waals surface area contributed by atoms with E-state index in [4.69, 9.17) is 9.26 Å². The van der Waals surface area contributed by atoms with Gasteiger partial charge in [0.2, 0.25) is 17.6 Å². The highest BCUT2D eigenvalue weighted by molar-refractivity contribution is 5.77. The van der Waals surface area contributed by atoms with E-state index >= 15 is 0 Å². The SMILES string of the molecule is O=C(CC1(n2cccc2)CCOCC1)NCCc1nc(-c2ccccn2)no1. The first-order chi connectivity index (χ1) is 13.8. The lowest BCUT2D eigenvalue weighted by Crippen LogP contribution is -2.43. The van der Waals surface area contributed by atoms with Crippen molar-refractivity contribution in [2.75, 3.05) is 19.8 Å². The molecule has 0 atom stereocenters. The maximum atomic E-state index is 12.6. The van der Waals surface area contributed by atoms with E-state index in [-0.39, 0.29) is 11.4 Å². The topological polar surface area (TPSA) is 95.1 Å². The first-order valence-electron chi connectivity index (χ1n) is 9.47. The van der Waals surface area contributed by atoms with E-state index in [0.29, 0.717) is 50.0 Å². The highest BCUT2D eigenvalue weighted by Gasteiger charge is 2.36. The van der Waals surface area contributed by atoms with E-state index in [0.717, 1.165) is 12.8 Å². The van der Waals surface area contributed by atoms with E-state index < -0.39 is 0 Å². The smallest absolute Gasteiger partial charge is 0.228 e. The molecule has 0 bridgehead atoms. The molecular formula is C20H23N5O3. The summed E-state index contributed by atoms with van der Waals surface area (Å²) in [6, 6.07) is 9.51. The predicted octanol–water partition coefficient (Wildman–Crippen LogP) is 2.19. The van der Waals surface area contributed by atoms with Crippen LogP contribution in [-0.4, -0.2) is 45.4 Å². The molecule has 0 unspecified atom stereocenters. The van der Waals surface area contributed by atoms with Gasteiger partial charge in [-0.05, 0) is 37.1 Å². The summed E-state index contributed by atoms with van der Waals surface area (Å²) < 4.78 is 12.9. The lowest BCUT2D eigenvalue weighted by molar-refractivity contribution is -0.124. The van der Waals surface area contributed by atoms with Gasteiger partial charge in [-0.1, -0.05) is 11.2 Å². The van der Waals surface area contributed by atoms with Crippen LogP contribution in [-0.2, 0) is 21.5 Å². The number of ether oxygens (including phenoxy) is 1. The molecule has 1 saturated heterocycles. The Morgan fingerprint density at radius 2 is 2.00 bits per heavy atom. The maximum Gasteiger partial charge on any atom is 0.228 e. The second-order valence-electron chi connectivity index (χ2n) is 6.93. The summed E-state index contributed by atoms with van der Waals surface area (Å²) in [5.41, 5.74) is 0.442. The summed E-state index contributed by atoms with van der Waals surface area (Å²) in [5.74, 6) is 0.947. The van der Waals surface area contributed by atoms with Crippen LogP contribution in [0.3, 0.4) is 0 Å². The molecule has 28 heavy (non-hydrogen) atoms. The molecule has 8 nitrogen and oxygen atoms in total. The molecule has 1 fully saturated rings. The number of nitrogens with one attached hydrogen (secondary N) is 1. The van der Waals surface area contributed by atoms with Crippen molar-refractivity contribution in [1.82, 2.24) is 25.0 Å². The third-order valence-electron chi connectivity index (χ3n) is 5.09. The molecule has 4 heterocycles. The van der Waals surface area contributed by atoms with Crippen molar-refractivity contribution < 1.29 is 14.1 Å². The number of carbonyl (C=O) groups excluding carboxylic acids is 1. The molecule has 0 saturated carbocycles. The van der Waals surface area contributed by atoms with Crippen molar-refractivity contribution in [3.05, 3.63) is 54.8 Å². The second-order valence-corrected chi connectivity index (χ2v) is 6.93. The van der Waals surface area contributed by atoms with Gasteiger partial charge in [-0.25, -0.2) is 0 Å². The molecular weight excluding hydrogens is 358 g/mol. The second kappa shape index (κ2) is 8.35. The van der Waals surface area contributed by atoms with E-state index in [9.17, 15) is 4.79 Å². The van der Waals surface area contributed by atoms with Gasteiger partial charge in [0.05, 0.1) is 12.0 Å². The quantitative estimate of drug-likeness (QED) is 0.674. The fourth-order valence-corrected chi connectivity index (χ4v) is 3.55. The molecule has 0 aliphatic carbocycles. The molecule has 1 aliphatic heterocycles. The number of amides is 1. The first kappa shape index (κ1) is 18.4. The van der Waals surface area contributed by atoms with Crippen molar-refractivity contribution in [2.24, 2.45) is 0 Å². The molecule has 3 aromatic rings. The average Bonchev–Trinajstić information content (AvgIpc) is 3.42. The van der Waals surface area contributed by atoms with Crippen LogP contribution in [0.5, 0.6) is 0 Å². The van der Waals surface area contributed by atoms with Crippen molar-refractivity contribution in [2.45, 2.75) is 31.2 Å². The minimum Gasteiger partial charge on any atom is -0.381 e. The highest BCUT2D eigenvalue weighted by Crippen LogP contribution is 2.32. The zero-order valence-electron chi connectivity index (χ0n) is 15.6. The Kier molecular flexibility index (Phi) is 5.48. The fraction of sp³-hybridized carbons (Fsp3) is 0.400. The Hall–Kier alpha value is -3.00. The van der Waals surface area contributed by atoms with Crippen molar-refractivity contribution in [3.63, 3.8) is 0 Å². The molecule has 0 radical (unpaired) electrons. The van der Waals surface area contributed by atoms with Gasteiger partial charge >= 0.3 is 0 Å². The summed E-state index contributed by atoms with van der Waals surface area (Å²) in [7, 11) is 0. The van der Waals surface area contributed by atoms with Gasteiger partial charge in [-0.15, -0.1) is 0 Å². The summed E-state index contributed by atoms with van der Waals surface area (Å²) in [6.45, 7) is 1.79. The largest absolute Gasteiger partial charge is 0.381 e. The average molecular weight is 381 g/mol. The van der Waals surface area contributed by atoms with Crippen molar-refractivity contribution in [1.29, 1.82) is 0 Å². The zero-order chi connectivity index (χ0) is 19.2. The van der Waals surface area contributed by atoms with E-state index in [2.05, 4.69) is 25.0 Å². The molecule has 3 aromatic heterocycles. The molecule has 1 amide bonds. The van der Waals surface area contributed by atoms with E-state index in [1.54, 1.807) is 6.20 Å². The van der Waals surface area contributed by atoms with Gasteiger partial charge in [0.25, 0.3) is 0 Å². The maximum absolute atomic E-state index is 12.6. The molecule has 146 valence electrons. The lowest BCUT2D eigenvalue weighted by Gasteiger charge is -2.38. The summed E-state index contributed by atoms with van der Waals surface area (Å²) >= 11 is 0. The van der Waals surface area contributed by atoms with Gasteiger partial charge in [0, 0.05) is 44.8 Å². The van der Waals surface area contributed by atoms with E-state index in [1.165, 1.54) is 0 Å². The molecule has 0 aromatic carbocycles. The normalized spacial score (nSPS) is 16.0. The van der Waals surface area contributed by atoms with Crippen LogP contribution < -0.4 is 5.32 Å². The Morgan fingerprint density at radius 3 is 2.75 bits per heavy atom. The van der Waals surface area contributed by atoms with Gasteiger partial charge in [-0.3, -0.25) is 9.78 Å². The molecule has 1 N–H and O–H groups in total. The molecule has 1 aliphatic rings. The van der Waals surface area contributed by atoms with Crippen LogP contribution in [0, 0.1) is 0 Å². The van der Waals surface area contributed by atoms with Crippen LogP contribution in [0.25, 0.3) is 11.5 Å². The standard InChI is InChI=1S/C20H23N5O3/c26-17(15-20(7-13-27-14-8-20)25-11-3-4-12-25)22-10-6-18-23-19(24-28-18)16-5-1-2-9-21-16/h1-5,9,11-12H,6-8,10,13-15H2,(H,22,26). The third-order valence-corrected chi connectivity index (χ3v) is 5.09.